The number of aliphatic hydroxyl groups excluding tert-OH is 2. The van der Waals surface area contributed by atoms with Crippen LogP contribution in [0.25, 0.3) is 0 Å². The fourth-order valence-corrected chi connectivity index (χ4v) is 6.33. The van der Waals surface area contributed by atoms with Crippen molar-refractivity contribution in [3.05, 3.63) is 0 Å². The normalized spacial score (nSPS) is 12.9. The Labute approximate surface area is 270 Å². The van der Waals surface area contributed by atoms with Gasteiger partial charge in [-0.15, -0.1) is 0 Å². The van der Waals surface area contributed by atoms with E-state index < -0.39 is 12.1 Å². The maximum absolute atomic E-state index is 11.5. The summed E-state index contributed by atoms with van der Waals surface area (Å²) in [5, 5.41) is 22.3. The molecule has 0 rings (SSSR count). The van der Waals surface area contributed by atoms with Crippen molar-refractivity contribution in [1.29, 1.82) is 0 Å². The third kappa shape index (κ3) is 32.6. The Morgan fingerprint density at radius 3 is 0.953 bits per heavy atom. The second-order valence-electron chi connectivity index (χ2n) is 13.7. The zero-order valence-electron chi connectivity index (χ0n) is 29.5. The lowest BCUT2D eigenvalue weighted by Gasteiger charge is -2.22. The first kappa shape index (κ1) is 42.4. The van der Waals surface area contributed by atoms with Gasteiger partial charge in [0.2, 0.25) is 5.91 Å². The van der Waals surface area contributed by atoms with Crippen LogP contribution in [0.4, 0.5) is 0 Å². The molecule has 3 N–H and O–H groups in total. The maximum Gasteiger partial charge on any atom is 0.220 e. The van der Waals surface area contributed by atoms with Crippen molar-refractivity contribution < 1.29 is 15.0 Å². The molecule has 0 aliphatic rings. The van der Waals surface area contributed by atoms with Crippen LogP contribution in [0.1, 0.15) is 226 Å². The van der Waals surface area contributed by atoms with Gasteiger partial charge < -0.3 is 15.5 Å². The Hall–Kier alpha value is -0.610. The van der Waals surface area contributed by atoms with E-state index in [0.29, 0.717) is 12.8 Å². The first-order valence-corrected chi connectivity index (χ1v) is 19.7. The molecule has 0 heterocycles. The summed E-state index contributed by atoms with van der Waals surface area (Å²) in [7, 11) is 0. The van der Waals surface area contributed by atoms with E-state index in [1.807, 2.05) is 0 Å². The van der Waals surface area contributed by atoms with Crippen LogP contribution >= 0.6 is 0 Å². The molecule has 0 aromatic rings. The van der Waals surface area contributed by atoms with Gasteiger partial charge in [-0.3, -0.25) is 4.79 Å². The summed E-state index contributed by atoms with van der Waals surface area (Å²) < 4.78 is 0. The van der Waals surface area contributed by atoms with Crippen LogP contribution < -0.4 is 5.32 Å². The molecule has 4 nitrogen and oxygen atoms in total. The van der Waals surface area contributed by atoms with Crippen molar-refractivity contribution in [1.82, 2.24) is 5.32 Å². The Kier molecular flexibility index (Phi) is 35.4. The Bertz CT molecular complexity index is 541. The maximum atomic E-state index is 11.5. The van der Waals surface area contributed by atoms with Gasteiger partial charge in [0.15, 0.2) is 0 Å². The highest BCUT2D eigenvalue weighted by Crippen LogP contribution is 2.17. The number of carbonyl (C=O) groups excluding carboxylic acids is 1. The summed E-state index contributed by atoms with van der Waals surface area (Å²) in [6.45, 7) is 3.88. The van der Waals surface area contributed by atoms with Crippen molar-refractivity contribution in [2.75, 3.05) is 6.61 Å². The van der Waals surface area contributed by atoms with Crippen LogP contribution in [-0.4, -0.2) is 34.9 Å². The van der Waals surface area contributed by atoms with E-state index in [1.54, 1.807) is 6.92 Å². The molecule has 0 aliphatic carbocycles. The molecular weight excluding hydrogens is 530 g/mol. The lowest BCUT2D eigenvalue weighted by Crippen LogP contribution is -2.45. The van der Waals surface area contributed by atoms with Gasteiger partial charge in [-0.05, 0) is 6.42 Å². The highest BCUT2D eigenvalue weighted by Gasteiger charge is 2.19. The minimum atomic E-state index is -0.649. The van der Waals surface area contributed by atoms with E-state index in [9.17, 15) is 15.0 Å². The zero-order valence-corrected chi connectivity index (χ0v) is 29.5. The molecule has 1 amide bonds. The largest absolute Gasteiger partial charge is 0.394 e. The van der Waals surface area contributed by atoms with Gasteiger partial charge in [0.25, 0.3) is 0 Å². The molecule has 4 heteroatoms. The SMILES string of the molecule is CCCCCCCCCCCCCCCCCCCCCCCCCCCCCCCCCC(O)C(CO)NC(=O)CC. The molecule has 0 saturated carbocycles. The highest BCUT2D eigenvalue weighted by atomic mass is 16.3. The lowest BCUT2D eigenvalue weighted by molar-refractivity contribution is -0.122. The van der Waals surface area contributed by atoms with Crippen LogP contribution in [0.2, 0.25) is 0 Å². The van der Waals surface area contributed by atoms with E-state index in [0.717, 1.165) is 12.8 Å². The Balaban J connectivity index is 3.18. The summed E-state index contributed by atoms with van der Waals surface area (Å²) in [6, 6.07) is -0.527. The van der Waals surface area contributed by atoms with Gasteiger partial charge in [-0.25, -0.2) is 0 Å². The van der Waals surface area contributed by atoms with Crippen LogP contribution in [-0.2, 0) is 4.79 Å². The smallest absolute Gasteiger partial charge is 0.220 e. The minimum absolute atomic E-state index is 0.117. The molecule has 43 heavy (non-hydrogen) atoms. The Morgan fingerprint density at radius 2 is 0.721 bits per heavy atom. The molecule has 0 bridgehead atoms. The minimum Gasteiger partial charge on any atom is -0.394 e. The van der Waals surface area contributed by atoms with E-state index in [2.05, 4.69) is 12.2 Å². The lowest BCUT2D eigenvalue weighted by atomic mass is 10.0. The molecule has 0 aromatic carbocycles. The van der Waals surface area contributed by atoms with Gasteiger partial charge in [0.1, 0.15) is 0 Å². The van der Waals surface area contributed by atoms with Crippen LogP contribution in [0.15, 0.2) is 0 Å². The van der Waals surface area contributed by atoms with Gasteiger partial charge in [-0.1, -0.05) is 213 Å². The number of aliphatic hydroxyl groups is 2. The van der Waals surface area contributed by atoms with Gasteiger partial charge in [0, 0.05) is 6.42 Å². The van der Waals surface area contributed by atoms with E-state index in [-0.39, 0.29) is 12.5 Å². The summed E-state index contributed by atoms with van der Waals surface area (Å²) in [4.78, 5) is 11.5. The number of amides is 1. The summed E-state index contributed by atoms with van der Waals surface area (Å²) in [6.07, 6.45) is 43.9. The number of hydrogen-bond acceptors (Lipinski definition) is 3. The molecule has 0 aromatic heterocycles. The fraction of sp³-hybridized carbons (Fsp3) is 0.974. The predicted molar refractivity (Wildman–Crippen MR) is 189 cm³/mol. The predicted octanol–water partition coefficient (Wildman–Crippen LogP) is 11.7. The first-order valence-electron chi connectivity index (χ1n) is 19.7. The number of rotatable bonds is 36. The first-order chi connectivity index (χ1) is 21.2. The van der Waals surface area contributed by atoms with Gasteiger partial charge >= 0.3 is 0 Å². The number of nitrogens with one attached hydrogen (secondary N) is 1. The second-order valence-corrected chi connectivity index (χ2v) is 13.7. The van der Waals surface area contributed by atoms with Crippen molar-refractivity contribution in [3.8, 4) is 0 Å². The van der Waals surface area contributed by atoms with Crippen molar-refractivity contribution in [2.24, 2.45) is 0 Å². The molecule has 0 aliphatic heterocycles. The number of carbonyl (C=O) groups is 1. The topological polar surface area (TPSA) is 69.6 Å². The molecule has 2 atom stereocenters. The molecule has 0 spiro atoms. The Morgan fingerprint density at radius 1 is 0.465 bits per heavy atom. The third-order valence-electron chi connectivity index (χ3n) is 9.43. The van der Waals surface area contributed by atoms with E-state index in [1.165, 1.54) is 186 Å². The summed E-state index contributed by atoms with van der Waals surface area (Å²) in [5.41, 5.74) is 0. The molecule has 258 valence electrons. The van der Waals surface area contributed by atoms with E-state index >= 15 is 0 Å². The monoisotopic (exact) mass is 610 g/mol. The second kappa shape index (κ2) is 35.9. The van der Waals surface area contributed by atoms with Crippen LogP contribution in [0, 0.1) is 0 Å². The standard InChI is InChI=1S/C39H79NO3/c1-3-5-6-7-8-9-10-11-12-13-14-15-16-17-18-19-20-21-22-23-24-25-26-27-28-29-30-31-32-33-34-35-38(42)37(36-41)40-39(43)4-2/h37-38,41-42H,3-36H2,1-2H3,(H,40,43). The summed E-state index contributed by atoms with van der Waals surface area (Å²) >= 11 is 0. The quantitative estimate of drug-likeness (QED) is 0.0619. The zero-order chi connectivity index (χ0) is 31.5. The number of hydrogen-bond donors (Lipinski definition) is 3. The molecule has 0 radical (unpaired) electrons. The molecule has 0 saturated heterocycles. The van der Waals surface area contributed by atoms with E-state index in [4.69, 9.17) is 0 Å². The van der Waals surface area contributed by atoms with Gasteiger partial charge in [0.05, 0.1) is 18.8 Å². The fourth-order valence-electron chi connectivity index (χ4n) is 6.33. The third-order valence-corrected chi connectivity index (χ3v) is 9.43. The average Bonchev–Trinajstić information content (AvgIpc) is 3.02. The molecular formula is C39H79NO3. The van der Waals surface area contributed by atoms with Crippen molar-refractivity contribution in [3.63, 3.8) is 0 Å². The highest BCUT2D eigenvalue weighted by molar-refractivity contribution is 5.75. The molecule has 0 fully saturated rings. The number of unbranched alkanes of at least 4 members (excludes halogenated alkanes) is 30. The van der Waals surface area contributed by atoms with Crippen LogP contribution in [0.5, 0.6) is 0 Å². The van der Waals surface area contributed by atoms with Crippen molar-refractivity contribution >= 4 is 5.91 Å². The average molecular weight is 610 g/mol. The van der Waals surface area contributed by atoms with Gasteiger partial charge in [-0.2, -0.15) is 0 Å². The summed E-state index contributed by atoms with van der Waals surface area (Å²) in [5.74, 6) is -0.117. The van der Waals surface area contributed by atoms with Crippen molar-refractivity contribution in [2.45, 2.75) is 238 Å². The van der Waals surface area contributed by atoms with Crippen LogP contribution in [0.3, 0.4) is 0 Å². The molecule has 2 unspecified atom stereocenters.